The number of carbonyl (C=O) groups is 1. The zero-order chi connectivity index (χ0) is 17.4. The number of hydrogen-bond acceptors (Lipinski definition) is 3. The Kier molecular flexibility index (Phi) is 4.07. The maximum atomic E-state index is 12.2. The van der Waals surface area contributed by atoms with E-state index in [9.17, 15) is 4.79 Å². The Bertz CT molecular complexity index is 998. The van der Waals surface area contributed by atoms with Crippen LogP contribution in [0.1, 0.15) is 5.56 Å². The first-order chi connectivity index (χ1) is 12.1. The number of carbonyl (C=O) groups excluding carboxylic acids is 1. The molecule has 0 spiro atoms. The standard InChI is InChI=1S/C18H12BrClN4O/c19-15-16(10-4-2-1-3-5-10)23-24-17(15)21-9-13-12-8-11(20)6-7-14(12)22-18(13)25/h1-9H,(H,22,25)(H2,21,23,24). The molecule has 4 rings (SSSR count). The molecule has 0 saturated heterocycles. The molecule has 0 bridgehead atoms. The predicted octanol–water partition coefficient (Wildman–Crippen LogP) is 4.90. The van der Waals surface area contributed by atoms with Crippen LogP contribution in [0.15, 0.2) is 59.2 Å². The summed E-state index contributed by atoms with van der Waals surface area (Å²) in [5.41, 5.74) is 3.89. The molecule has 0 radical (unpaired) electrons. The van der Waals surface area contributed by atoms with Crippen molar-refractivity contribution in [1.29, 1.82) is 0 Å². The van der Waals surface area contributed by atoms with Gasteiger partial charge in [-0.15, -0.1) is 0 Å². The van der Waals surface area contributed by atoms with Gasteiger partial charge >= 0.3 is 0 Å². The summed E-state index contributed by atoms with van der Waals surface area (Å²) in [5.74, 6) is 0.411. The number of halogens is 2. The number of aromatic nitrogens is 2. The van der Waals surface area contributed by atoms with Crippen LogP contribution in [0.3, 0.4) is 0 Å². The molecule has 5 nitrogen and oxygen atoms in total. The molecule has 0 saturated carbocycles. The minimum absolute atomic E-state index is 0.181. The molecule has 124 valence electrons. The Morgan fingerprint density at radius 3 is 2.76 bits per heavy atom. The fourth-order valence-electron chi connectivity index (χ4n) is 2.66. The molecule has 0 aliphatic carbocycles. The van der Waals surface area contributed by atoms with Gasteiger partial charge < -0.3 is 10.6 Å². The normalized spacial score (nSPS) is 14.5. The molecule has 0 fully saturated rings. The van der Waals surface area contributed by atoms with Crippen molar-refractivity contribution in [3.05, 3.63) is 69.8 Å². The van der Waals surface area contributed by atoms with E-state index in [2.05, 4.69) is 36.8 Å². The van der Waals surface area contributed by atoms with Crippen molar-refractivity contribution in [3.63, 3.8) is 0 Å². The van der Waals surface area contributed by atoms with Crippen LogP contribution in [0, 0.1) is 0 Å². The van der Waals surface area contributed by atoms with E-state index in [1.807, 2.05) is 30.3 Å². The summed E-state index contributed by atoms with van der Waals surface area (Å²) < 4.78 is 0.792. The van der Waals surface area contributed by atoms with E-state index < -0.39 is 0 Å². The van der Waals surface area contributed by atoms with Crippen LogP contribution in [0.4, 0.5) is 11.5 Å². The molecule has 0 unspecified atom stereocenters. The highest BCUT2D eigenvalue weighted by molar-refractivity contribution is 9.10. The van der Waals surface area contributed by atoms with Crippen molar-refractivity contribution in [3.8, 4) is 11.3 Å². The highest BCUT2D eigenvalue weighted by Gasteiger charge is 2.24. The summed E-state index contributed by atoms with van der Waals surface area (Å²) in [6.45, 7) is 0. The summed E-state index contributed by atoms with van der Waals surface area (Å²) in [4.78, 5) is 12.2. The van der Waals surface area contributed by atoms with Crippen LogP contribution in [0.2, 0.25) is 5.02 Å². The van der Waals surface area contributed by atoms with Gasteiger partial charge in [-0.1, -0.05) is 41.9 Å². The van der Waals surface area contributed by atoms with Gasteiger partial charge in [0, 0.05) is 28.0 Å². The molecule has 0 atom stereocenters. The van der Waals surface area contributed by atoms with Gasteiger partial charge in [-0.2, -0.15) is 5.10 Å². The molecular formula is C18H12BrClN4O. The maximum absolute atomic E-state index is 12.2. The van der Waals surface area contributed by atoms with Crippen LogP contribution in [-0.2, 0) is 4.79 Å². The van der Waals surface area contributed by atoms with E-state index in [0.29, 0.717) is 16.4 Å². The number of amides is 1. The van der Waals surface area contributed by atoms with Crippen LogP contribution in [-0.4, -0.2) is 16.1 Å². The average Bonchev–Trinajstić information content (AvgIpc) is 3.13. The number of aromatic amines is 1. The first-order valence-electron chi connectivity index (χ1n) is 7.51. The lowest BCUT2D eigenvalue weighted by Gasteiger charge is -2.01. The van der Waals surface area contributed by atoms with Gasteiger partial charge in [0.15, 0.2) is 5.82 Å². The SMILES string of the molecule is O=C1Nc2ccc(Cl)cc2C1=CNc1n[nH]c(-c2ccccc2)c1Br. The molecule has 25 heavy (non-hydrogen) atoms. The van der Waals surface area contributed by atoms with Gasteiger partial charge in [0.25, 0.3) is 5.91 Å². The molecule has 1 aliphatic rings. The molecule has 1 amide bonds. The lowest BCUT2D eigenvalue weighted by atomic mass is 10.1. The Hall–Kier alpha value is -2.57. The molecule has 1 aliphatic heterocycles. The van der Waals surface area contributed by atoms with Crippen molar-refractivity contribution >= 4 is 50.5 Å². The van der Waals surface area contributed by atoms with Crippen molar-refractivity contribution < 1.29 is 4.79 Å². The quantitative estimate of drug-likeness (QED) is 0.533. The second-order valence-corrected chi connectivity index (χ2v) is 6.70. The Labute approximate surface area is 157 Å². The number of nitrogens with zero attached hydrogens (tertiary/aromatic N) is 1. The Balaban J connectivity index is 1.64. The molecule has 1 aromatic heterocycles. The van der Waals surface area contributed by atoms with Gasteiger partial charge in [0.1, 0.15) is 0 Å². The smallest absolute Gasteiger partial charge is 0.257 e. The van der Waals surface area contributed by atoms with Crippen molar-refractivity contribution in [2.75, 3.05) is 10.6 Å². The van der Waals surface area contributed by atoms with E-state index in [-0.39, 0.29) is 5.91 Å². The minimum Gasteiger partial charge on any atom is -0.343 e. The number of rotatable bonds is 3. The summed E-state index contributed by atoms with van der Waals surface area (Å²) in [6, 6.07) is 15.1. The third kappa shape index (κ3) is 2.94. The van der Waals surface area contributed by atoms with Crippen LogP contribution in [0.25, 0.3) is 16.8 Å². The highest BCUT2D eigenvalue weighted by atomic mass is 79.9. The van der Waals surface area contributed by atoms with Gasteiger partial charge in [-0.3, -0.25) is 9.89 Å². The second kappa shape index (κ2) is 6.38. The van der Waals surface area contributed by atoms with Gasteiger partial charge in [-0.05, 0) is 34.1 Å². The van der Waals surface area contributed by atoms with E-state index in [1.54, 1.807) is 24.4 Å². The van der Waals surface area contributed by atoms with E-state index in [4.69, 9.17) is 11.6 Å². The van der Waals surface area contributed by atoms with Crippen molar-refractivity contribution in [2.45, 2.75) is 0 Å². The van der Waals surface area contributed by atoms with Gasteiger partial charge in [0.05, 0.1) is 15.7 Å². The molecule has 3 aromatic rings. The summed E-state index contributed by atoms with van der Waals surface area (Å²) in [5, 5.41) is 13.7. The Morgan fingerprint density at radius 1 is 1.16 bits per heavy atom. The second-order valence-electron chi connectivity index (χ2n) is 5.47. The zero-order valence-electron chi connectivity index (χ0n) is 12.8. The lowest BCUT2D eigenvalue weighted by Crippen LogP contribution is -2.05. The van der Waals surface area contributed by atoms with E-state index in [0.717, 1.165) is 27.0 Å². The van der Waals surface area contributed by atoms with Crippen LogP contribution < -0.4 is 10.6 Å². The number of benzene rings is 2. The topological polar surface area (TPSA) is 69.8 Å². The molecule has 3 N–H and O–H groups in total. The van der Waals surface area contributed by atoms with Crippen molar-refractivity contribution in [2.24, 2.45) is 0 Å². The molecule has 2 aromatic carbocycles. The number of H-pyrrole nitrogens is 1. The monoisotopic (exact) mass is 414 g/mol. The molecular weight excluding hydrogens is 404 g/mol. The number of hydrogen-bond donors (Lipinski definition) is 3. The van der Waals surface area contributed by atoms with Crippen LogP contribution >= 0.6 is 27.5 Å². The highest BCUT2D eigenvalue weighted by Crippen LogP contribution is 2.35. The summed E-state index contributed by atoms with van der Waals surface area (Å²) in [6.07, 6.45) is 1.63. The number of fused-ring (bicyclic) bond motifs is 1. The third-order valence-electron chi connectivity index (χ3n) is 3.89. The number of anilines is 2. The molecule has 7 heteroatoms. The first-order valence-corrected chi connectivity index (χ1v) is 8.68. The summed E-state index contributed by atoms with van der Waals surface area (Å²) in [7, 11) is 0. The molecule has 2 heterocycles. The first kappa shape index (κ1) is 15.9. The number of nitrogens with one attached hydrogen (secondary N) is 3. The average molecular weight is 416 g/mol. The van der Waals surface area contributed by atoms with Crippen molar-refractivity contribution in [1.82, 2.24) is 10.2 Å². The third-order valence-corrected chi connectivity index (χ3v) is 4.89. The van der Waals surface area contributed by atoms with E-state index in [1.165, 1.54) is 0 Å². The minimum atomic E-state index is -0.181. The van der Waals surface area contributed by atoms with Gasteiger partial charge in [0.2, 0.25) is 0 Å². The Morgan fingerprint density at radius 2 is 1.96 bits per heavy atom. The fraction of sp³-hybridized carbons (Fsp3) is 0. The lowest BCUT2D eigenvalue weighted by molar-refractivity contribution is -0.110. The van der Waals surface area contributed by atoms with Crippen LogP contribution in [0.5, 0.6) is 0 Å². The fourth-order valence-corrected chi connectivity index (χ4v) is 3.36. The van der Waals surface area contributed by atoms with Gasteiger partial charge in [-0.25, -0.2) is 0 Å². The maximum Gasteiger partial charge on any atom is 0.257 e. The summed E-state index contributed by atoms with van der Waals surface area (Å²) >= 11 is 9.59. The van der Waals surface area contributed by atoms with E-state index >= 15 is 0 Å². The zero-order valence-corrected chi connectivity index (χ0v) is 15.1. The predicted molar refractivity (Wildman–Crippen MR) is 103 cm³/mol. The largest absolute Gasteiger partial charge is 0.343 e.